The lowest BCUT2D eigenvalue weighted by atomic mass is 9.67. The van der Waals surface area contributed by atoms with Crippen molar-refractivity contribution in [3.05, 3.63) is 193 Å². The van der Waals surface area contributed by atoms with E-state index in [0.29, 0.717) is 11.5 Å². The molecule has 0 saturated heterocycles. The summed E-state index contributed by atoms with van der Waals surface area (Å²) in [6.45, 7) is 6.30. The first kappa shape index (κ1) is 39.2. The second-order valence-electron chi connectivity index (χ2n) is 15.2. The van der Waals surface area contributed by atoms with E-state index in [1.807, 2.05) is 36.4 Å². The van der Waals surface area contributed by atoms with Gasteiger partial charge in [-0.2, -0.15) is 0 Å². The van der Waals surface area contributed by atoms with Crippen molar-refractivity contribution in [2.24, 2.45) is 0 Å². The van der Waals surface area contributed by atoms with Crippen LogP contribution in [0.15, 0.2) is 171 Å². The van der Waals surface area contributed by atoms with E-state index < -0.39 is 29.6 Å². The average molecular weight is 807 g/mol. The molecule has 2 atom stereocenters. The number of rotatable bonds is 14. The molecule has 0 amide bonds. The Kier molecular flexibility index (Phi) is 10.6. The van der Waals surface area contributed by atoms with Gasteiger partial charge in [0.15, 0.2) is 0 Å². The number of hydrogen-bond acceptors (Lipinski definition) is 8. The molecule has 0 radical (unpaired) electrons. The highest BCUT2D eigenvalue weighted by atomic mass is 16.6. The van der Waals surface area contributed by atoms with E-state index in [2.05, 4.69) is 122 Å². The van der Waals surface area contributed by atoms with E-state index in [1.165, 1.54) is 43.8 Å². The van der Waals surface area contributed by atoms with E-state index in [-0.39, 0.29) is 26.4 Å². The number of carbonyl (C=O) groups excluding carboxylic acids is 2. The summed E-state index contributed by atoms with van der Waals surface area (Å²) in [4.78, 5) is 22.9. The monoisotopic (exact) mass is 806 g/mol. The lowest BCUT2D eigenvalue weighted by Crippen LogP contribution is -2.28. The third-order valence-electron chi connectivity index (χ3n) is 11.5. The fraction of sp³-hybridized carbons (Fsp3) is 0.132. The Hall–Kier alpha value is -7.26. The van der Waals surface area contributed by atoms with Crippen LogP contribution >= 0.6 is 0 Å². The standard InChI is InChI=1S/C53H42O8/c1-3-49(56)60-31-41(54)29-58-43-21-15-35-25-39(19-13-37(35)27-43)53(40-20-14-38-28-44(22-16-36(38)26-40)59-30-42(55)32-61-50(57)4-2)47-23-17-33-9-5-7-11-45(33)51(47)52-46-12-8-6-10-34(46)18-24-48(52)53/h3-28,41-42,54-55H,1-2,29-32H2. The summed E-state index contributed by atoms with van der Waals surface area (Å²) < 4.78 is 21.8. The summed E-state index contributed by atoms with van der Waals surface area (Å²) in [7, 11) is 0. The number of ether oxygens (including phenoxy) is 4. The summed E-state index contributed by atoms with van der Waals surface area (Å²) in [6.07, 6.45) is 0.122. The first-order valence-corrected chi connectivity index (χ1v) is 20.1. The second-order valence-corrected chi connectivity index (χ2v) is 15.2. The molecule has 0 aromatic heterocycles. The van der Waals surface area contributed by atoms with Crippen LogP contribution in [0.25, 0.3) is 54.2 Å². The van der Waals surface area contributed by atoms with Crippen molar-refractivity contribution in [3.63, 3.8) is 0 Å². The summed E-state index contributed by atoms with van der Waals surface area (Å²) in [5.41, 5.74) is 6.28. The summed E-state index contributed by atoms with van der Waals surface area (Å²) >= 11 is 0. The SMILES string of the molecule is C=CC(=O)OCC(O)COc1ccc2cc(C3(c4ccc5cc(OCC(O)COC(=O)C=C)ccc5c4)c4ccc5ccccc5c4-c4c3ccc3ccccc43)ccc2c1. The smallest absolute Gasteiger partial charge is 0.330 e. The highest BCUT2D eigenvalue weighted by Gasteiger charge is 2.47. The Morgan fingerprint density at radius 2 is 0.885 bits per heavy atom. The summed E-state index contributed by atoms with van der Waals surface area (Å²) in [5.74, 6) is -0.0330. The van der Waals surface area contributed by atoms with Crippen LogP contribution in [0.1, 0.15) is 22.3 Å². The van der Waals surface area contributed by atoms with Gasteiger partial charge < -0.3 is 29.2 Å². The predicted octanol–water partition coefficient (Wildman–Crippen LogP) is 9.60. The Balaban J connectivity index is 1.17. The van der Waals surface area contributed by atoms with Crippen molar-refractivity contribution in [2.45, 2.75) is 17.6 Å². The van der Waals surface area contributed by atoms with Crippen LogP contribution in [-0.4, -0.2) is 60.8 Å². The van der Waals surface area contributed by atoms with Crippen molar-refractivity contribution < 1.29 is 38.7 Å². The van der Waals surface area contributed by atoms with E-state index in [9.17, 15) is 19.8 Å². The van der Waals surface area contributed by atoms with Crippen molar-refractivity contribution in [3.8, 4) is 22.6 Å². The molecule has 0 aliphatic heterocycles. The van der Waals surface area contributed by atoms with Crippen molar-refractivity contribution >= 4 is 55.0 Å². The molecule has 302 valence electrons. The highest BCUT2D eigenvalue weighted by Crippen LogP contribution is 2.60. The molecule has 0 spiro atoms. The maximum atomic E-state index is 11.5. The van der Waals surface area contributed by atoms with Crippen LogP contribution < -0.4 is 9.47 Å². The highest BCUT2D eigenvalue weighted by molar-refractivity contribution is 6.12. The number of hydrogen-bond donors (Lipinski definition) is 2. The number of aliphatic hydroxyl groups is 2. The summed E-state index contributed by atoms with van der Waals surface area (Å²) in [6, 6.07) is 51.2. The average Bonchev–Trinajstić information content (AvgIpc) is 3.62. The lowest BCUT2D eigenvalue weighted by Gasteiger charge is -2.34. The molecule has 2 unspecified atom stereocenters. The molecular formula is C53H42O8. The van der Waals surface area contributed by atoms with Gasteiger partial charge in [-0.25, -0.2) is 9.59 Å². The molecule has 0 saturated carbocycles. The van der Waals surface area contributed by atoms with E-state index in [4.69, 9.17) is 18.9 Å². The van der Waals surface area contributed by atoms with Gasteiger partial charge in [0.25, 0.3) is 0 Å². The third-order valence-corrected chi connectivity index (χ3v) is 11.5. The molecule has 8 aromatic carbocycles. The maximum Gasteiger partial charge on any atom is 0.330 e. The van der Waals surface area contributed by atoms with Crippen molar-refractivity contribution in [1.82, 2.24) is 0 Å². The summed E-state index contributed by atoms with van der Waals surface area (Å²) in [5, 5.41) is 29.4. The van der Waals surface area contributed by atoms with E-state index in [0.717, 1.165) is 44.8 Å². The Labute approximate surface area is 352 Å². The van der Waals surface area contributed by atoms with Crippen LogP contribution in [-0.2, 0) is 24.5 Å². The Morgan fingerprint density at radius 1 is 0.492 bits per heavy atom. The molecule has 2 N–H and O–H groups in total. The first-order valence-electron chi connectivity index (χ1n) is 20.1. The van der Waals surface area contributed by atoms with Gasteiger partial charge in [-0.3, -0.25) is 0 Å². The molecule has 9 rings (SSSR count). The Bertz CT molecular complexity index is 2820. The fourth-order valence-electron chi connectivity index (χ4n) is 8.69. The molecule has 0 heterocycles. The number of aliphatic hydroxyl groups excluding tert-OH is 2. The molecule has 0 fully saturated rings. The largest absolute Gasteiger partial charge is 0.491 e. The number of esters is 2. The third kappa shape index (κ3) is 7.26. The van der Waals surface area contributed by atoms with Gasteiger partial charge in [0.2, 0.25) is 0 Å². The number of fused-ring (bicyclic) bond motifs is 9. The van der Waals surface area contributed by atoms with Gasteiger partial charge in [0.1, 0.15) is 50.1 Å². The quantitative estimate of drug-likeness (QED) is 0.0826. The predicted molar refractivity (Wildman–Crippen MR) is 239 cm³/mol. The Morgan fingerprint density at radius 3 is 1.33 bits per heavy atom. The normalized spacial score (nSPS) is 13.6. The zero-order valence-electron chi connectivity index (χ0n) is 33.3. The topological polar surface area (TPSA) is 112 Å². The molecule has 1 aliphatic carbocycles. The molecule has 1 aliphatic rings. The lowest BCUT2D eigenvalue weighted by molar-refractivity contribution is -0.142. The number of benzene rings is 8. The van der Waals surface area contributed by atoms with Crippen molar-refractivity contribution in [1.29, 1.82) is 0 Å². The second kappa shape index (κ2) is 16.4. The van der Waals surface area contributed by atoms with Gasteiger partial charge in [-0.15, -0.1) is 0 Å². The molecular weight excluding hydrogens is 765 g/mol. The van der Waals surface area contributed by atoms with Gasteiger partial charge in [-0.1, -0.05) is 122 Å². The van der Waals surface area contributed by atoms with Crippen LogP contribution in [0, 0.1) is 0 Å². The van der Waals surface area contributed by atoms with Crippen LogP contribution in [0.3, 0.4) is 0 Å². The van der Waals surface area contributed by atoms with Crippen LogP contribution in [0.4, 0.5) is 0 Å². The van der Waals surface area contributed by atoms with Gasteiger partial charge in [0.05, 0.1) is 5.41 Å². The molecule has 8 nitrogen and oxygen atoms in total. The molecule has 61 heavy (non-hydrogen) atoms. The van der Waals surface area contributed by atoms with Crippen LogP contribution in [0.2, 0.25) is 0 Å². The van der Waals surface area contributed by atoms with Gasteiger partial charge in [0, 0.05) is 12.2 Å². The number of carbonyl (C=O) groups is 2. The fourth-order valence-corrected chi connectivity index (χ4v) is 8.69. The van der Waals surface area contributed by atoms with E-state index >= 15 is 0 Å². The van der Waals surface area contributed by atoms with Gasteiger partial charge >= 0.3 is 11.9 Å². The minimum absolute atomic E-state index is 0.0443. The molecule has 8 aromatic rings. The van der Waals surface area contributed by atoms with Crippen LogP contribution in [0.5, 0.6) is 11.5 Å². The minimum atomic E-state index is -0.994. The zero-order valence-corrected chi connectivity index (χ0v) is 33.3. The molecule has 8 heteroatoms. The van der Waals surface area contributed by atoms with Crippen molar-refractivity contribution in [2.75, 3.05) is 26.4 Å². The molecule has 0 bridgehead atoms. The first-order chi connectivity index (χ1) is 29.8. The van der Waals surface area contributed by atoms with Gasteiger partial charge in [-0.05, 0) is 113 Å². The maximum absolute atomic E-state index is 11.5. The van der Waals surface area contributed by atoms with E-state index in [1.54, 1.807) is 0 Å². The minimum Gasteiger partial charge on any atom is -0.491 e. The zero-order chi connectivity index (χ0) is 42.1.